The van der Waals surface area contributed by atoms with E-state index in [9.17, 15) is 9.18 Å². The number of carbonyl (C=O) groups is 1. The van der Waals surface area contributed by atoms with Crippen LogP contribution in [-0.4, -0.2) is 37.6 Å². The Labute approximate surface area is 119 Å². The van der Waals surface area contributed by atoms with Gasteiger partial charge < -0.3 is 15.4 Å². The minimum atomic E-state index is -0.549. The zero-order chi connectivity index (χ0) is 15.2. The van der Waals surface area contributed by atoms with Gasteiger partial charge in [0.2, 0.25) is 5.91 Å². The molecule has 0 spiro atoms. The van der Waals surface area contributed by atoms with Crippen molar-refractivity contribution >= 4 is 5.91 Å². The Balaban J connectivity index is 2.50. The van der Waals surface area contributed by atoms with E-state index in [4.69, 9.17) is 10.5 Å². The van der Waals surface area contributed by atoms with Crippen molar-refractivity contribution in [3.05, 3.63) is 30.1 Å². The van der Waals surface area contributed by atoms with Crippen molar-refractivity contribution in [1.29, 1.82) is 0 Å². The highest BCUT2D eigenvalue weighted by Gasteiger charge is 2.32. The van der Waals surface area contributed by atoms with Gasteiger partial charge in [0.25, 0.3) is 0 Å². The molecule has 0 aromatic heterocycles. The van der Waals surface area contributed by atoms with Gasteiger partial charge in [-0.3, -0.25) is 4.79 Å². The highest BCUT2D eigenvalue weighted by Crippen LogP contribution is 2.22. The molecule has 0 radical (unpaired) electrons. The van der Waals surface area contributed by atoms with Crippen molar-refractivity contribution in [2.45, 2.75) is 20.3 Å². The van der Waals surface area contributed by atoms with Gasteiger partial charge in [0.1, 0.15) is 6.61 Å². The van der Waals surface area contributed by atoms with E-state index in [0.717, 1.165) is 0 Å². The minimum absolute atomic E-state index is 0.0142. The minimum Gasteiger partial charge on any atom is -0.489 e. The number of hydrogen-bond acceptors (Lipinski definition) is 3. The van der Waals surface area contributed by atoms with E-state index in [1.807, 2.05) is 13.8 Å². The smallest absolute Gasteiger partial charge is 0.229 e. The fourth-order valence-electron chi connectivity index (χ4n) is 1.80. The van der Waals surface area contributed by atoms with Crippen LogP contribution < -0.4 is 10.5 Å². The molecule has 0 aliphatic rings. The largest absolute Gasteiger partial charge is 0.489 e. The second-order valence-corrected chi connectivity index (χ2v) is 5.12. The second kappa shape index (κ2) is 7.24. The average molecular weight is 282 g/mol. The van der Waals surface area contributed by atoms with Gasteiger partial charge in [0, 0.05) is 13.6 Å². The molecule has 0 fully saturated rings. The van der Waals surface area contributed by atoms with Crippen LogP contribution in [0.25, 0.3) is 0 Å². The molecule has 112 valence electrons. The molecule has 0 bridgehead atoms. The number of rotatable bonds is 7. The number of halogens is 1. The van der Waals surface area contributed by atoms with E-state index in [-0.39, 0.29) is 18.3 Å². The molecule has 0 aliphatic heterocycles. The first-order valence-corrected chi connectivity index (χ1v) is 6.77. The van der Waals surface area contributed by atoms with E-state index < -0.39 is 11.2 Å². The number of likely N-dealkylation sites (N-methyl/N-ethyl adjacent to an activating group) is 1. The fraction of sp³-hybridized carbons (Fsp3) is 0.533. The van der Waals surface area contributed by atoms with Crippen LogP contribution in [0.3, 0.4) is 0 Å². The molecule has 20 heavy (non-hydrogen) atoms. The predicted octanol–water partition coefficient (Wildman–Crippen LogP) is 2.04. The van der Waals surface area contributed by atoms with Gasteiger partial charge in [-0.1, -0.05) is 19.1 Å². The Hall–Kier alpha value is -1.62. The zero-order valence-corrected chi connectivity index (χ0v) is 12.4. The molecular formula is C15H23FN2O2. The third-order valence-corrected chi connectivity index (χ3v) is 3.61. The summed E-state index contributed by atoms with van der Waals surface area (Å²) in [6, 6.07) is 6.21. The summed E-state index contributed by atoms with van der Waals surface area (Å²) >= 11 is 0. The molecule has 1 aromatic carbocycles. The van der Waals surface area contributed by atoms with Crippen LogP contribution in [0.2, 0.25) is 0 Å². The van der Waals surface area contributed by atoms with E-state index in [1.54, 1.807) is 30.1 Å². The molecule has 0 aliphatic carbocycles. The van der Waals surface area contributed by atoms with E-state index in [0.29, 0.717) is 19.5 Å². The number of nitrogens with two attached hydrogens (primary N) is 1. The van der Waals surface area contributed by atoms with E-state index >= 15 is 0 Å². The lowest BCUT2D eigenvalue weighted by atomic mass is 9.86. The molecule has 5 heteroatoms. The van der Waals surface area contributed by atoms with Crippen LogP contribution in [0, 0.1) is 11.2 Å². The molecule has 1 amide bonds. The zero-order valence-electron chi connectivity index (χ0n) is 12.4. The van der Waals surface area contributed by atoms with Gasteiger partial charge in [-0.15, -0.1) is 0 Å². The van der Waals surface area contributed by atoms with Gasteiger partial charge >= 0.3 is 0 Å². The summed E-state index contributed by atoms with van der Waals surface area (Å²) < 4.78 is 18.7. The van der Waals surface area contributed by atoms with Crippen molar-refractivity contribution in [3.63, 3.8) is 0 Å². The summed E-state index contributed by atoms with van der Waals surface area (Å²) in [5, 5.41) is 0. The molecule has 1 rings (SSSR count). The summed E-state index contributed by atoms with van der Waals surface area (Å²) in [6.07, 6.45) is 0.681. The average Bonchev–Trinajstić information content (AvgIpc) is 2.47. The van der Waals surface area contributed by atoms with Crippen molar-refractivity contribution < 1.29 is 13.9 Å². The highest BCUT2D eigenvalue weighted by molar-refractivity contribution is 5.82. The molecule has 0 saturated heterocycles. The molecule has 1 unspecified atom stereocenters. The number of amides is 1. The van der Waals surface area contributed by atoms with Gasteiger partial charge in [-0.05, 0) is 25.5 Å². The first kappa shape index (κ1) is 16.4. The summed E-state index contributed by atoms with van der Waals surface area (Å²) in [6.45, 7) is 4.73. The number of nitrogens with zero attached hydrogens (tertiary/aromatic N) is 1. The number of ether oxygens (including phenoxy) is 1. The highest BCUT2D eigenvalue weighted by atomic mass is 19.1. The molecule has 1 atom stereocenters. The van der Waals surface area contributed by atoms with Gasteiger partial charge in [-0.2, -0.15) is 0 Å². The number of benzene rings is 1. The van der Waals surface area contributed by atoms with Crippen LogP contribution in [0.4, 0.5) is 4.39 Å². The SMILES string of the molecule is CCC(C)(CN)C(=O)N(C)CCOc1ccccc1F. The third-order valence-electron chi connectivity index (χ3n) is 3.61. The van der Waals surface area contributed by atoms with Crippen LogP contribution >= 0.6 is 0 Å². The standard InChI is InChI=1S/C15H23FN2O2/c1-4-15(2,11-17)14(19)18(3)9-10-20-13-8-6-5-7-12(13)16/h5-8H,4,9-11,17H2,1-3H3. The lowest BCUT2D eigenvalue weighted by Gasteiger charge is -2.30. The molecule has 1 aromatic rings. The predicted molar refractivity (Wildman–Crippen MR) is 77.0 cm³/mol. The van der Waals surface area contributed by atoms with Crippen LogP contribution in [0.5, 0.6) is 5.75 Å². The van der Waals surface area contributed by atoms with Crippen LogP contribution in [-0.2, 0) is 4.79 Å². The van der Waals surface area contributed by atoms with Crippen molar-refractivity contribution in [3.8, 4) is 5.75 Å². The maximum atomic E-state index is 13.3. The van der Waals surface area contributed by atoms with Crippen molar-refractivity contribution in [2.75, 3.05) is 26.7 Å². The van der Waals surface area contributed by atoms with Crippen molar-refractivity contribution in [1.82, 2.24) is 4.90 Å². The third kappa shape index (κ3) is 3.93. The van der Waals surface area contributed by atoms with Crippen molar-refractivity contribution in [2.24, 2.45) is 11.1 Å². The normalized spacial score (nSPS) is 13.7. The van der Waals surface area contributed by atoms with Gasteiger partial charge in [0.05, 0.1) is 12.0 Å². The Bertz CT molecular complexity index is 447. The Morgan fingerprint density at radius 1 is 1.45 bits per heavy atom. The number of hydrogen-bond donors (Lipinski definition) is 1. The second-order valence-electron chi connectivity index (χ2n) is 5.12. The first-order chi connectivity index (χ1) is 9.44. The Morgan fingerprint density at radius 3 is 2.65 bits per heavy atom. The lowest BCUT2D eigenvalue weighted by molar-refractivity contribution is -0.139. The maximum absolute atomic E-state index is 13.3. The van der Waals surface area contributed by atoms with Crippen LogP contribution in [0.15, 0.2) is 24.3 Å². The molecule has 2 N–H and O–H groups in total. The lowest BCUT2D eigenvalue weighted by Crippen LogP contribution is -2.45. The molecular weight excluding hydrogens is 259 g/mol. The monoisotopic (exact) mass is 282 g/mol. The molecule has 4 nitrogen and oxygen atoms in total. The fourth-order valence-corrected chi connectivity index (χ4v) is 1.80. The molecule has 0 heterocycles. The molecule has 0 saturated carbocycles. The quantitative estimate of drug-likeness (QED) is 0.832. The maximum Gasteiger partial charge on any atom is 0.229 e. The topological polar surface area (TPSA) is 55.6 Å². The number of carbonyl (C=O) groups excluding carboxylic acids is 1. The van der Waals surface area contributed by atoms with Gasteiger partial charge in [-0.25, -0.2) is 4.39 Å². The summed E-state index contributed by atoms with van der Waals surface area (Å²) in [5.74, 6) is -0.216. The number of para-hydroxylation sites is 1. The Kier molecular flexibility index (Phi) is 5.95. The first-order valence-electron chi connectivity index (χ1n) is 6.77. The van der Waals surface area contributed by atoms with Gasteiger partial charge in [0.15, 0.2) is 11.6 Å². The van der Waals surface area contributed by atoms with Crippen LogP contribution in [0.1, 0.15) is 20.3 Å². The van der Waals surface area contributed by atoms with E-state index in [2.05, 4.69) is 0 Å². The Morgan fingerprint density at radius 2 is 2.10 bits per heavy atom. The summed E-state index contributed by atoms with van der Waals surface area (Å²) in [7, 11) is 1.70. The summed E-state index contributed by atoms with van der Waals surface area (Å²) in [5.41, 5.74) is 5.12. The summed E-state index contributed by atoms with van der Waals surface area (Å²) in [4.78, 5) is 13.8. The van der Waals surface area contributed by atoms with E-state index in [1.165, 1.54) is 6.07 Å².